The molecule has 1 atom stereocenters. The van der Waals surface area contributed by atoms with Crippen molar-refractivity contribution in [2.24, 2.45) is 0 Å². The molecule has 0 spiro atoms. The van der Waals surface area contributed by atoms with Gasteiger partial charge >= 0.3 is 5.63 Å². The first-order valence-corrected chi connectivity index (χ1v) is 7.99. The van der Waals surface area contributed by atoms with Crippen LogP contribution < -0.4 is 10.9 Å². The Morgan fingerprint density at radius 2 is 1.83 bits per heavy atom. The first-order chi connectivity index (χ1) is 11.6. The van der Waals surface area contributed by atoms with E-state index in [0.717, 1.165) is 22.9 Å². The van der Waals surface area contributed by atoms with Crippen LogP contribution in [0, 0.1) is 6.92 Å². The minimum Gasteiger partial charge on any atom is -0.422 e. The lowest BCUT2D eigenvalue weighted by Crippen LogP contribution is -2.31. The summed E-state index contributed by atoms with van der Waals surface area (Å²) < 4.78 is 5.23. The Hall–Kier alpha value is -2.88. The van der Waals surface area contributed by atoms with E-state index in [9.17, 15) is 9.59 Å². The summed E-state index contributed by atoms with van der Waals surface area (Å²) in [4.78, 5) is 24.6. The van der Waals surface area contributed by atoms with Crippen molar-refractivity contribution in [3.05, 3.63) is 81.7 Å². The van der Waals surface area contributed by atoms with E-state index in [2.05, 4.69) is 5.32 Å². The molecule has 0 aliphatic rings. The van der Waals surface area contributed by atoms with E-state index >= 15 is 0 Å². The van der Waals surface area contributed by atoms with E-state index in [1.165, 1.54) is 0 Å². The fraction of sp³-hybridized carbons (Fsp3) is 0.200. The fourth-order valence-electron chi connectivity index (χ4n) is 2.68. The molecule has 2 aromatic carbocycles. The van der Waals surface area contributed by atoms with Crippen LogP contribution in [0.3, 0.4) is 0 Å². The van der Waals surface area contributed by atoms with E-state index in [1.807, 2.05) is 50.2 Å². The molecule has 1 aromatic heterocycles. The highest BCUT2D eigenvalue weighted by Crippen LogP contribution is 2.18. The SMILES string of the molecule is CC[C@@H](NC(=O)c1cc2ccccc2oc1=O)c1ccc(C)cc1. The second-order valence-corrected chi connectivity index (χ2v) is 5.83. The van der Waals surface area contributed by atoms with Gasteiger partial charge in [-0.3, -0.25) is 4.79 Å². The largest absolute Gasteiger partial charge is 0.422 e. The zero-order chi connectivity index (χ0) is 17.1. The zero-order valence-corrected chi connectivity index (χ0v) is 13.7. The van der Waals surface area contributed by atoms with Crippen LogP contribution >= 0.6 is 0 Å². The minimum atomic E-state index is -0.620. The van der Waals surface area contributed by atoms with Crippen LogP contribution in [0.5, 0.6) is 0 Å². The maximum absolute atomic E-state index is 12.5. The number of para-hydroxylation sites is 1. The number of benzene rings is 2. The van der Waals surface area contributed by atoms with Crippen molar-refractivity contribution in [3.63, 3.8) is 0 Å². The van der Waals surface area contributed by atoms with Crippen molar-refractivity contribution in [2.45, 2.75) is 26.3 Å². The van der Waals surface area contributed by atoms with Crippen LogP contribution in [0.2, 0.25) is 0 Å². The van der Waals surface area contributed by atoms with E-state index < -0.39 is 11.5 Å². The summed E-state index contributed by atoms with van der Waals surface area (Å²) in [5, 5.41) is 3.65. The average molecular weight is 321 g/mol. The van der Waals surface area contributed by atoms with Gasteiger partial charge in [0.1, 0.15) is 11.1 Å². The van der Waals surface area contributed by atoms with E-state index in [0.29, 0.717) is 5.58 Å². The smallest absolute Gasteiger partial charge is 0.349 e. The highest BCUT2D eigenvalue weighted by atomic mass is 16.4. The van der Waals surface area contributed by atoms with Crippen LogP contribution in [-0.4, -0.2) is 5.91 Å². The van der Waals surface area contributed by atoms with Gasteiger partial charge in [-0.1, -0.05) is 55.0 Å². The third kappa shape index (κ3) is 3.23. The summed E-state index contributed by atoms with van der Waals surface area (Å²) in [6.45, 7) is 4.01. The van der Waals surface area contributed by atoms with Gasteiger partial charge in [0.25, 0.3) is 5.91 Å². The van der Waals surface area contributed by atoms with Crippen molar-refractivity contribution >= 4 is 16.9 Å². The molecule has 1 heterocycles. The summed E-state index contributed by atoms with van der Waals surface area (Å²) in [6, 6.07) is 16.6. The van der Waals surface area contributed by atoms with Gasteiger partial charge in [0.15, 0.2) is 0 Å². The van der Waals surface area contributed by atoms with Gasteiger partial charge in [0.2, 0.25) is 0 Å². The van der Waals surface area contributed by atoms with Gasteiger partial charge in [0.05, 0.1) is 6.04 Å². The molecular formula is C20H19NO3. The summed E-state index contributed by atoms with van der Waals surface area (Å²) in [5.74, 6) is -0.415. The number of hydrogen-bond acceptors (Lipinski definition) is 3. The van der Waals surface area contributed by atoms with Gasteiger partial charge in [0, 0.05) is 5.39 Å². The molecule has 3 aromatic rings. The second-order valence-electron chi connectivity index (χ2n) is 5.83. The quantitative estimate of drug-likeness (QED) is 0.739. The number of fused-ring (bicyclic) bond motifs is 1. The minimum absolute atomic E-state index is 0.0271. The van der Waals surface area contributed by atoms with Crippen molar-refractivity contribution in [1.29, 1.82) is 0 Å². The van der Waals surface area contributed by atoms with Crippen LogP contribution in [-0.2, 0) is 0 Å². The maximum Gasteiger partial charge on any atom is 0.349 e. The average Bonchev–Trinajstić information content (AvgIpc) is 2.59. The van der Waals surface area contributed by atoms with Crippen molar-refractivity contribution in [1.82, 2.24) is 5.32 Å². The van der Waals surface area contributed by atoms with Gasteiger partial charge in [-0.15, -0.1) is 0 Å². The number of carbonyl (C=O) groups excluding carboxylic acids is 1. The standard InChI is InChI=1S/C20H19NO3/c1-3-17(14-10-8-13(2)9-11-14)21-19(22)16-12-15-6-4-5-7-18(15)24-20(16)23/h4-12,17H,3H2,1-2H3,(H,21,22)/t17-/m1/s1. The predicted octanol–water partition coefficient (Wildman–Crippen LogP) is 3.98. The lowest BCUT2D eigenvalue weighted by atomic mass is 10.0. The zero-order valence-electron chi connectivity index (χ0n) is 13.7. The van der Waals surface area contributed by atoms with Crippen molar-refractivity contribution in [3.8, 4) is 0 Å². The predicted molar refractivity (Wildman–Crippen MR) is 94.2 cm³/mol. The molecule has 122 valence electrons. The van der Waals surface area contributed by atoms with Crippen LogP contribution in [0.1, 0.15) is 40.9 Å². The van der Waals surface area contributed by atoms with Gasteiger partial charge in [-0.25, -0.2) is 4.79 Å². The molecule has 1 N–H and O–H groups in total. The number of nitrogens with one attached hydrogen (secondary N) is 1. The van der Waals surface area contributed by atoms with Gasteiger partial charge in [-0.05, 0) is 31.0 Å². The lowest BCUT2D eigenvalue weighted by molar-refractivity contribution is 0.0932. The molecule has 0 radical (unpaired) electrons. The Morgan fingerprint density at radius 1 is 1.12 bits per heavy atom. The van der Waals surface area contributed by atoms with E-state index in [1.54, 1.807) is 18.2 Å². The lowest BCUT2D eigenvalue weighted by Gasteiger charge is -2.17. The fourth-order valence-corrected chi connectivity index (χ4v) is 2.68. The molecule has 4 heteroatoms. The third-order valence-corrected chi connectivity index (χ3v) is 4.08. The Morgan fingerprint density at radius 3 is 2.54 bits per heavy atom. The molecule has 1 amide bonds. The van der Waals surface area contributed by atoms with Crippen LogP contribution in [0.4, 0.5) is 0 Å². The van der Waals surface area contributed by atoms with E-state index in [-0.39, 0.29) is 11.6 Å². The second kappa shape index (κ2) is 6.71. The number of amides is 1. The molecule has 0 saturated carbocycles. The Kier molecular flexibility index (Phi) is 4.47. The molecule has 0 bridgehead atoms. The molecule has 0 aliphatic heterocycles. The van der Waals surface area contributed by atoms with E-state index in [4.69, 9.17) is 4.42 Å². The Balaban J connectivity index is 1.89. The molecule has 0 saturated heterocycles. The van der Waals surface area contributed by atoms with Crippen molar-refractivity contribution in [2.75, 3.05) is 0 Å². The first kappa shape index (κ1) is 16.0. The highest BCUT2D eigenvalue weighted by Gasteiger charge is 2.18. The molecule has 0 unspecified atom stereocenters. The molecule has 0 fully saturated rings. The normalized spacial score (nSPS) is 12.1. The number of hydrogen-bond donors (Lipinski definition) is 1. The Labute approximate surface area is 140 Å². The van der Waals surface area contributed by atoms with Gasteiger partial charge in [-0.2, -0.15) is 0 Å². The number of aryl methyl sites for hydroxylation is 1. The molecular weight excluding hydrogens is 302 g/mol. The summed E-state index contributed by atoms with van der Waals surface area (Å²) in [5.41, 5.74) is 2.06. The molecule has 3 rings (SSSR count). The maximum atomic E-state index is 12.5. The monoisotopic (exact) mass is 321 g/mol. The topological polar surface area (TPSA) is 59.3 Å². The van der Waals surface area contributed by atoms with Crippen LogP contribution in [0.15, 0.2) is 63.8 Å². The third-order valence-electron chi connectivity index (χ3n) is 4.08. The highest BCUT2D eigenvalue weighted by molar-refractivity contribution is 5.96. The van der Waals surface area contributed by atoms with Gasteiger partial charge < -0.3 is 9.73 Å². The first-order valence-electron chi connectivity index (χ1n) is 7.99. The molecule has 4 nitrogen and oxygen atoms in total. The Bertz CT molecular complexity index is 926. The van der Waals surface area contributed by atoms with Crippen LogP contribution in [0.25, 0.3) is 11.0 Å². The van der Waals surface area contributed by atoms with Crippen molar-refractivity contribution < 1.29 is 9.21 Å². The summed E-state index contributed by atoms with van der Waals surface area (Å²) in [6.07, 6.45) is 0.730. The molecule has 24 heavy (non-hydrogen) atoms. The molecule has 0 aliphatic carbocycles. The number of carbonyl (C=O) groups is 1. The summed E-state index contributed by atoms with van der Waals surface area (Å²) >= 11 is 0. The number of rotatable bonds is 4. The summed E-state index contributed by atoms with van der Waals surface area (Å²) in [7, 11) is 0.